The minimum absolute atomic E-state index is 0.217. The van der Waals surface area contributed by atoms with Crippen LogP contribution in [0.1, 0.15) is 24.4 Å². The molecule has 3 heterocycles. The summed E-state index contributed by atoms with van der Waals surface area (Å²) >= 11 is 0. The Balaban J connectivity index is 1.65. The van der Waals surface area contributed by atoms with E-state index in [4.69, 9.17) is 0 Å². The van der Waals surface area contributed by atoms with Gasteiger partial charge in [-0.2, -0.15) is 0 Å². The molecule has 2 aliphatic heterocycles. The molecule has 2 aromatic rings. The van der Waals surface area contributed by atoms with Crippen molar-refractivity contribution in [2.75, 3.05) is 26.7 Å². The maximum absolute atomic E-state index is 12.9. The van der Waals surface area contributed by atoms with E-state index in [-0.39, 0.29) is 18.0 Å². The fraction of sp³-hybridized carbons (Fsp3) is 0.526. The molecule has 4 rings (SSSR count). The normalized spacial score (nSPS) is 21.5. The molecule has 0 spiro atoms. The van der Waals surface area contributed by atoms with Crippen LogP contribution in [0, 0.1) is 0 Å². The van der Waals surface area contributed by atoms with Crippen LogP contribution in [-0.2, 0) is 23.1 Å². The largest absolute Gasteiger partial charge is 0.329 e. The first-order chi connectivity index (χ1) is 13.0. The predicted molar refractivity (Wildman–Crippen MR) is 102 cm³/mol. The van der Waals surface area contributed by atoms with Gasteiger partial charge < -0.3 is 5.32 Å². The lowest BCUT2D eigenvalue weighted by Crippen LogP contribution is -2.57. The second kappa shape index (κ2) is 6.94. The van der Waals surface area contributed by atoms with Gasteiger partial charge in [-0.25, -0.2) is 4.79 Å². The number of carbonyl (C=O) groups is 2. The van der Waals surface area contributed by atoms with Gasteiger partial charge in [0.2, 0.25) is 11.8 Å². The number of carbonyl (C=O) groups excluding carboxylic acids is 2. The number of fused-ring (bicyclic) bond motifs is 1. The Kier molecular flexibility index (Phi) is 4.61. The molecule has 1 unspecified atom stereocenters. The Bertz CT molecular complexity index is 954. The van der Waals surface area contributed by atoms with E-state index in [1.54, 1.807) is 16.2 Å². The molecule has 1 aromatic heterocycles. The summed E-state index contributed by atoms with van der Waals surface area (Å²) in [6.45, 7) is 3.03. The van der Waals surface area contributed by atoms with Gasteiger partial charge >= 0.3 is 5.69 Å². The number of benzene rings is 1. The highest BCUT2D eigenvalue weighted by Crippen LogP contribution is 2.25. The predicted octanol–water partition coefficient (Wildman–Crippen LogP) is -0.236. The molecule has 1 aromatic carbocycles. The Morgan fingerprint density at radius 2 is 2.00 bits per heavy atom. The van der Waals surface area contributed by atoms with Gasteiger partial charge in [-0.3, -0.25) is 28.9 Å². The summed E-state index contributed by atoms with van der Waals surface area (Å²) < 4.78 is 3.17. The zero-order chi connectivity index (χ0) is 19.1. The van der Waals surface area contributed by atoms with Crippen LogP contribution >= 0.6 is 0 Å². The van der Waals surface area contributed by atoms with Crippen molar-refractivity contribution in [3.8, 4) is 0 Å². The molecular weight excluding hydrogens is 346 g/mol. The average molecular weight is 371 g/mol. The lowest BCUT2D eigenvalue weighted by Gasteiger charge is -2.39. The van der Waals surface area contributed by atoms with Crippen LogP contribution in [0.25, 0.3) is 11.0 Å². The van der Waals surface area contributed by atoms with Gasteiger partial charge in [0.15, 0.2) is 0 Å². The molecule has 2 N–H and O–H groups in total. The standard InChI is InChI=1S/C19H25N5O3/c1-20-13-10-23(11-13)9-8-12-4-3-5-14-17(12)22(2)19(27)24(14)15-6-7-16(25)21-18(15)26/h3-5,13,15,20H,6-11H2,1-2H3,(H,21,25,26). The van der Waals surface area contributed by atoms with Gasteiger partial charge in [-0.1, -0.05) is 12.1 Å². The molecule has 0 saturated carbocycles. The third kappa shape index (κ3) is 3.08. The molecule has 8 nitrogen and oxygen atoms in total. The van der Waals surface area contributed by atoms with Gasteiger partial charge in [-0.15, -0.1) is 0 Å². The number of aromatic nitrogens is 2. The second-order valence-corrected chi connectivity index (χ2v) is 7.46. The first-order valence-corrected chi connectivity index (χ1v) is 9.41. The molecular formula is C19H25N5O3. The Hall–Kier alpha value is -2.45. The summed E-state index contributed by atoms with van der Waals surface area (Å²) in [7, 11) is 3.73. The van der Waals surface area contributed by atoms with E-state index >= 15 is 0 Å². The van der Waals surface area contributed by atoms with Gasteiger partial charge in [0, 0.05) is 39.1 Å². The highest BCUT2D eigenvalue weighted by atomic mass is 16.2. The molecule has 1 atom stereocenters. The number of likely N-dealkylation sites (N-methyl/N-ethyl adjacent to an activating group) is 1. The van der Waals surface area contributed by atoms with Gasteiger partial charge in [-0.05, 0) is 31.5 Å². The van der Waals surface area contributed by atoms with Crippen molar-refractivity contribution in [3.63, 3.8) is 0 Å². The third-order valence-electron chi connectivity index (χ3n) is 5.77. The first-order valence-electron chi connectivity index (χ1n) is 9.41. The number of nitrogens with one attached hydrogen (secondary N) is 2. The van der Waals surface area contributed by atoms with E-state index in [9.17, 15) is 14.4 Å². The number of imidazole rings is 1. The molecule has 8 heteroatoms. The second-order valence-electron chi connectivity index (χ2n) is 7.46. The SMILES string of the molecule is CNC1CN(CCc2cccc3c2n(C)c(=O)n3C2CCC(=O)NC2=O)C1. The molecule has 2 amide bonds. The van der Waals surface area contributed by atoms with Crippen LogP contribution in [0.3, 0.4) is 0 Å². The number of aryl methyl sites for hydroxylation is 1. The van der Waals surface area contributed by atoms with Crippen LogP contribution < -0.4 is 16.3 Å². The smallest absolute Gasteiger partial charge is 0.315 e. The fourth-order valence-electron chi connectivity index (χ4n) is 4.16. The number of rotatable bonds is 5. The van der Waals surface area contributed by atoms with Crippen LogP contribution in [0.5, 0.6) is 0 Å². The topological polar surface area (TPSA) is 88.4 Å². The van der Waals surface area contributed by atoms with Crippen LogP contribution in [0.4, 0.5) is 0 Å². The minimum Gasteiger partial charge on any atom is -0.315 e. The van der Waals surface area contributed by atoms with E-state index in [1.807, 2.05) is 25.2 Å². The van der Waals surface area contributed by atoms with Crippen molar-refractivity contribution in [1.29, 1.82) is 0 Å². The van der Waals surface area contributed by atoms with Gasteiger partial charge in [0.05, 0.1) is 11.0 Å². The number of hydrogen-bond donors (Lipinski definition) is 2. The summed E-state index contributed by atoms with van der Waals surface area (Å²) in [5, 5.41) is 5.62. The number of nitrogens with zero attached hydrogens (tertiary/aromatic N) is 3. The number of likely N-dealkylation sites (tertiary alicyclic amines) is 1. The quantitative estimate of drug-likeness (QED) is 0.709. The summed E-state index contributed by atoms with van der Waals surface area (Å²) in [5.41, 5.74) is 2.52. The maximum Gasteiger partial charge on any atom is 0.329 e. The number of para-hydroxylation sites is 1. The summed E-state index contributed by atoms with van der Waals surface area (Å²) in [4.78, 5) is 39.0. The molecule has 0 aliphatic carbocycles. The monoisotopic (exact) mass is 371 g/mol. The highest BCUT2D eigenvalue weighted by molar-refractivity contribution is 6.00. The molecule has 144 valence electrons. The van der Waals surface area contributed by atoms with E-state index < -0.39 is 11.9 Å². The van der Waals surface area contributed by atoms with Gasteiger partial charge in [0.25, 0.3) is 0 Å². The molecule has 2 fully saturated rings. The molecule has 27 heavy (non-hydrogen) atoms. The maximum atomic E-state index is 12.9. The summed E-state index contributed by atoms with van der Waals surface area (Å²) in [6.07, 6.45) is 1.45. The average Bonchev–Trinajstić information content (AvgIpc) is 2.86. The van der Waals surface area contributed by atoms with Gasteiger partial charge in [0.1, 0.15) is 6.04 Å². The lowest BCUT2D eigenvalue weighted by atomic mass is 10.0. The van der Waals surface area contributed by atoms with E-state index in [2.05, 4.69) is 15.5 Å². The zero-order valence-corrected chi connectivity index (χ0v) is 15.7. The summed E-state index contributed by atoms with van der Waals surface area (Å²) in [6, 6.07) is 5.79. The zero-order valence-electron chi connectivity index (χ0n) is 15.7. The van der Waals surface area contributed by atoms with Crippen molar-refractivity contribution in [3.05, 3.63) is 34.2 Å². The lowest BCUT2D eigenvalue weighted by molar-refractivity contribution is -0.135. The molecule has 2 aliphatic rings. The van der Waals surface area contributed by atoms with E-state index in [0.717, 1.165) is 42.7 Å². The summed E-state index contributed by atoms with van der Waals surface area (Å²) in [5.74, 6) is -0.676. The van der Waals surface area contributed by atoms with Crippen LogP contribution in [0.2, 0.25) is 0 Å². The van der Waals surface area contributed by atoms with Crippen molar-refractivity contribution >= 4 is 22.8 Å². The number of piperidine rings is 1. The van der Waals surface area contributed by atoms with Crippen molar-refractivity contribution in [1.82, 2.24) is 24.7 Å². The minimum atomic E-state index is -0.638. The van der Waals surface area contributed by atoms with Crippen LogP contribution in [-0.4, -0.2) is 58.6 Å². The Morgan fingerprint density at radius 1 is 1.22 bits per heavy atom. The number of hydrogen-bond acceptors (Lipinski definition) is 5. The Morgan fingerprint density at radius 3 is 2.70 bits per heavy atom. The third-order valence-corrected chi connectivity index (χ3v) is 5.77. The first kappa shape index (κ1) is 17.9. The molecule has 0 radical (unpaired) electrons. The molecule has 2 saturated heterocycles. The number of amides is 2. The van der Waals surface area contributed by atoms with Crippen molar-refractivity contribution in [2.45, 2.75) is 31.3 Å². The van der Waals surface area contributed by atoms with E-state index in [1.165, 1.54) is 0 Å². The van der Waals surface area contributed by atoms with Crippen molar-refractivity contribution < 1.29 is 9.59 Å². The van der Waals surface area contributed by atoms with Crippen LogP contribution in [0.15, 0.2) is 23.0 Å². The number of imide groups is 1. The molecule has 0 bridgehead atoms. The van der Waals surface area contributed by atoms with Crippen molar-refractivity contribution in [2.24, 2.45) is 7.05 Å². The van der Waals surface area contributed by atoms with E-state index in [0.29, 0.717) is 12.5 Å². The fourth-order valence-corrected chi connectivity index (χ4v) is 4.16. The highest BCUT2D eigenvalue weighted by Gasteiger charge is 2.31. The Labute approximate surface area is 157 Å².